The quantitative estimate of drug-likeness (QED) is 0.320. The normalized spacial score (nSPS) is 15.3. The van der Waals surface area contributed by atoms with Gasteiger partial charge in [0.15, 0.2) is 0 Å². The number of aliphatic hydroxyl groups is 2. The Morgan fingerprint density at radius 2 is 1.89 bits per heavy atom. The number of phenols is 1. The molecule has 1 saturated heterocycles. The number of rotatable bonds is 7. The predicted octanol–water partition coefficient (Wildman–Crippen LogP) is 2.58. The topological polar surface area (TPSA) is 130 Å². The van der Waals surface area contributed by atoms with E-state index in [-0.39, 0.29) is 31.6 Å². The van der Waals surface area contributed by atoms with Crippen LogP contribution in [0.2, 0.25) is 0 Å². The maximum absolute atomic E-state index is 10.8. The molecular weight excluding hydrogens is 446 g/mol. The van der Waals surface area contributed by atoms with Gasteiger partial charge in [0, 0.05) is 42.1 Å². The van der Waals surface area contributed by atoms with Crippen molar-refractivity contribution in [2.75, 3.05) is 37.8 Å². The second-order valence-electron chi connectivity index (χ2n) is 9.68. The number of piperidine rings is 1. The highest BCUT2D eigenvalue weighted by Crippen LogP contribution is 2.33. The number of aromatic hydroxyl groups is 1. The van der Waals surface area contributed by atoms with Gasteiger partial charge in [-0.3, -0.25) is 4.57 Å². The molecule has 2 aromatic heterocycles. The Hall–Kier alpha value is -3.40. The van der Waals surface area contributed by atoms with Crippen molar-refractivity contribution in [3.8, 4) is 17.3 Å². The molecule has 5 N–H and O–H groups in total. The van der Waals surface area contributed by atoms with Crippen LogP contribution in [0.25, 0.3) is 27.8 Å². The van der Waals surface area contributed by atoms with Gasteiger partial charge < -0.3 is 30.7 Å². The zero-order chi connectivity index (χ0) is 24.6. The smallest absolute Gasteiger partial charge is 0.145 e. The van der Waals surface area contributed by atoms with Gasteiger partial charge in [0.05, 0.1) is 36.5 Å². The van der Waals surface area contributed by atoms with Crippen molar-refractivity contribution in [1.29, 1.82) is 0 Å². The maximum Gasteiger partial charge on any atom is 0.145 e. The van der Waals surface area contributed by atoms with Gasteiger partial charge in [0.2, 0.25) is 0 Å². The van der Waals surface area contributed by atoms with Crippen molar-refractivity contribution in [3.63, 3.8) is 0 Å². The first kappa shape index (κ1) is 23.3. The van der Waals surface area contributed by atoms with E-state index in [1.165, 1.54) is 6.07 Å². The van der Waals surface area contributed by atoms with E-state index in [4.69, 9.17) is 15.5 Å². The number of hydrogen-bond donors (Lipinski definition) is 4. The van der Waals surface area contributed by atoms with Crippen molar-refractivity contribution in [2.24, 2.45) is 11.1 Å². The fraction of sp³-hybridized carbons (Fsp3) is 0.385. The molecule has 1 aliphatic heterocycles. The number of nitrogens with two attached hydrogens (primary N) is 1. The summed E-state index contributed by atoms with van der Waals surface area (Å²) in [5.74, 6) is 1.06. The zero-order valence-electron chi connectivity index (χ0n) is 19.8. The molecule has 3 heterocycles. The van der Waals surface area contributed by atoms with E-state index < -0.39 is 5.41 Å². The first-order valence-corrected chi connectivity index (χ1v) is 11.9. The number of anilines is 1. The van der Waals surface area contributed by atoms with Crippen LogP contribution >= 0.6 is 0 Å². The highest BCUT2D eigenvalue weighted by molar-refractivity contribution is 5.92. The summed E-state index contributed by atoms with van der Waals surface area (Å²) in [6.07, 6.45) is 3.54. The lowest BCUT2D eigenvalue weighted by Gasteiger charge is -2.32. The highest BCUT2D eigenvalue weighted by Gasteiger charge is 2.24. The van der Waals surface area contributed by atoms with Gasteiger partial charge in [-0.1, -0.05) is 19.1 Å². The zero-order valence-corrected chi connectivity index (χ0v) is 19.8. The Balaban J connectivity index is 1.50. The molecule has 9 nitrogen and oxygen atoms in total. The number of nitrogens with zero attached hydrogens (tertiary/aromatic N) is 4. The van der Waals surface area contributed by atoms with Gasteiger partial charge in [-0.05, 0) is 31.0 Å². The predicted molar refractivity (Wildman–Crippen MR) is 135 cm³/mol. The molecule has 5 rings (SSSR count). The molecule has 35 heavy (non-hydrogen) atoms. The summed E-state index contributed by atoms with van der Waals surface area (Å²) < 4.78 is 7.51. The number of ether oxygens (including phenoxy) is 1. The molecule has 0 bridgehead atoms. The Bertz CT molecular complexity index is 1340. The molecule has 4 aromatic rings. The molecule has 0 radical (unpaired) electrons. The molecule has 0 saturated carbocycles. The molecule has 9 heteroatoms. The molecule has 1 aliphatic rings. The molecule has 0 amide bonds. The molecule has 1 fully saturated rings. The number of aromatic nitrogens is 3. The van der Waals surface area contributed by atoms with Crippen LogP contribution in [0.3, 0.4) is 0 Å². The summed E-state index contributed by atoms with van der Waals surface area (Å²) >= 11 is 0. The molecule has 184 valence electrons. The van der Waals surface area contributed by atoms with E-state index in [0.29, 0.717) is 22.6 Å². The van der Waals surface area contributed by atoms with Crippen molar-refractivity contribution < 1.29 is 20.1 Å². The monoisotopic (exact) mass is 477 g/mol. The summed E-state index contributed by atoms with van der Waals surface area (Å²) in [4.78, 5) is 11.8. The third kappa shape index (κ3) is 4.50. The minimum absolute atomic E-state index is 0.00454. The van der Waals surface area contributed by atoms with Gasteiger partial charge >= 0.3 is 0 Å². The van der Waals surface area contributed by atoms with E-state index in [2.05, 4.69) is 16.0 Å². The summed E-state index contributed by atoms with van der Waals surface area (Å²) in [5.41, 5.74) is 8.37. The maximum atomic E-state index is 10.8. The number of fused-ring (bicyclic) bond motifs is 2. The van der Waals surface area contributed by atoms with Crippen molar-refractivity contribution in [2.45, 2.75) is 25.8 Å². The van der Waals surface area contributed by atoms with E-state index >= 15 is 0 Å². The number of phenolic OH excluding ortho intramolecular Hbond substituents is 1. The first-order valence-electron chi connectivity index (χ1n) is 11.9. The number of pyridine rings is 1. The van der Waals surface area contributed by atoms with Gasteiger partial charge in [-0.2, -0.15) is 0 Å². The van der Waals surface area contributed by atoms with Crippen LogP contribution in [0, 0.1) is 5.41 Å². The Labute approximate surface area is 203 Å². The van der Waals surface area contributed by atoms with E-state index in [9.17, 15) is 15.3 Å². The molecule has 0 unspecified atom stereocenters. The van der Waals surface area contributed by atoms with Gasteiger partial charge in [-0.15, -0.1) is 0 Å². The minimum Gasteiger partial charge on any atom is -0.506 e. The van der Waals surface area contributed by atoms with E-state index in [0.717, 1.165) is 42.5 Å². The third-order valence-electron chi connectivity index (χ3n) is 6.76. The summed E-state index contributed by atoms with van der Waals surface area (Å²) in [7, 11) is 0. The summed E-state index contributed by atoms with van der Waals surface area (Å²) in [6.45, 7) is 3.18. The van der Waals surface area contributed by atoms with Crippen LogP contribution in [0.15, 0.2) is 48.8 Å². The lowest BCUT2D eigenvalue weighted by Crippen LogP contribution is -2.39. The summed E-state index contributed by atoms with van der Waals surface area (Å²) in [6, 6.07) is 13.6. The molecule has 0 spiro atoms. The lowest BCUT2D eigenvalue weighted by atomic mass is 9.94. The van der Waals surface area contributed by atoms with Gasteiger partial charge in [0.1, 0.15) is 29.2 Å². The number of aliphatic hydroxyl groups excluding tert-OH is 2. The van der Waals surface area contributed by atoms with Crippen LogP contribution in [0.5, 0.6) is 11.5 Å². The Kier molecular flexibility index (Phi) is 6.22. The average Bonchev–Trinajstić information content (AvgIpc) is 3.32. The summed E-state index contributed by atoms with van der Waals surface area (Å²) in [5, 5.41) is 30.9. The number of benzene rings is 2. The Morgan fingerprint density at radius 1 is 1.11 bits per heavy atom. The van der Waals surface area contributed by atoms with Crippen LogP contribution in [-0.2, 0) is 0 Å². The van der Waals surface area contributed by atoms with Gasteiger partial charge in [0.25, 0.3) is 0 Å². The molecule has 2 aromatic carbocycles. The highest BCUT2D eigenvalue weighted by atomic mass is 16.5. The standard InChI is InChI=1S/C26H31N5O4/c1-26(13-32,14-33)15-35-19-11-20-25(22(34)12-19)31(16-28-20)23-6-5-17-3-2-4-21(24(17)29-23)30-9-7-18(27)8-10-30/h2-6,11-12,16,18,32-34H,7-10,13-15,27H2,1H3. The fourth-order valence-corrected chi connectivity index (χ4v) is 4.41. The lowest BCUT2D eigenvalue weighted by molar-refractivity contribution is 0.0287. The second-order valence-corrected chi connectivity index (χ2v) is 9.68. The molecular formula is C26H31N5O4. The van der Waals surface area contributed by atoms with Gasteiger partial charge in [-0.25, -0.2) is 9.97 Å². The largest absolute Gasteiger partial charge is 0.506 e. The fourth-order valence-electron chi connectivity index (χ4n) is 4.41. The Morgan fingerprint density at radius 3 is 2.63 bits per heavy atom. The SMILES string of the molecule is CC(CO)(CO)COc1cc(O)c2c(c1)ncn2-c1ccc2cccc(N3CCC(N)CC3)c2n1. The van der Waals surface area contributed by atoms with Crippen LogP contribution < -0.4 is 15.4 Å². The number of para-hydroxylation sites is 1. The van der Waals surface area contributed by atoms with Crippen LogP contribution in [-0.4, -0.2) is 68.8 Å². The second kappa shape index (κ2) is 9.33. The molecule has 0 aliphatic carbocycles. The minimum atomic E-state index is -0.782. The number of hydrogen-bond acceptors (Lipinski definition) is 8. The number of imidazole rings is 1. The van der Waals surface area contributed by atoms with E-state index in [1.54, 1.807) is 23.9 Å². The third-order valence-corrected chi connectivity index (χ3v) is 6.76. The van der Waals surface area contributed by atoms with Crippen molar-refractivity contribution >= 4 is 27.6 Å². The first-order chi connectivity index (χ1) is 16.9. The van der Waals surface area contributed by atoms with Crippen LogP contribution in [0.4, 0.5) is 5.69 Å². The van der Waals surface area contributed by atoms with E-state index in [1.807, 2.05) is 24.3 Å². The van der Waals surface area contributed by atoms with Crippen LogP contribution in [0.1, 0.15) is 19.8 Å². The average molecular weight is 478 g/mol. The van der Waals surface area contributed by atoms with Crippen molar-refractivity contribution in [3.05, 3.63) is 48.8 Å². The molecule has 0 atom stereocenters. The van der Waals surface area contributed by atoms with Crippen molar-refractivity contribution in [1.82, 2.24) is 14.5 Å².